The number of likely N-dealkylation sites (tertiary alicyclic amines) is 1. The van der Waals surface area contributed by atoms with Crippen molar-refractivity contribution in [3.8, 4) is 0 Å². The van der Waals surface area contributed by atoms with E-state index < -0.39 is 5.60 Å². The van der Waals surface area contributed by atoms with Crippen molar-refractivity contribution in [3.05, 3.63) is 71.3 Å². The molecule has 2 amide bonds. The predicted octanol–water partition coefficient (Wildman–Crippen LogP) is 3.33. The number of carbonyl (C=O) groups excluding carboxylic acids is 2. The first-order valence-electron chi connectivity index (χ1n) is 9.44. The number of piperidine rings is 1. The van der Waals surface area contributed by atoms with E-state index in [2.05, 4.69) is 0 Å². The quantitative estimate of drug-likeness (QED) is 0.839. The molecule has 1 spiro atoms. The van der Waals surface area contributed by atoms with Crippen LogP contribution in [-0.4, -0.2) is 40.5 Å². The Kier molecular flexibility index (Phi) is 4.70. The molecule has 0 saturated carbocycles. The average Bonchev–Trinajstić information content (AvgIpc) is 2.97. The maximum absolute atomic E-state index is 12.7. The monoisotopic (exact) mass is 364 g/mol. The Morgan fingerprint density at radius 3 is 2.52 bits per heavy atom. The molecule has 5 heteroatoms. The minimum atomic E-state index is -0.463. The van der Waals surface area contributed by atoms with Crippen molar-refractivity contribution in [2.24, 2.45) is 0 Å². The first-order chi connectivity index (χ1) is 13.0. The SMILES string of the molecule is Cc1cccc(C(=O)N2CCC3(CC2)CC(=O)N(Cc2ccccc2)O3)c1. The van der Waals surface area contributed by atoms with Crippen LogP contribution in [0.25, 0.3) is 0 Å². The van der Waals surface area contributed by atoms with Gasteiger partial charge in [0.1, 0.15) is 5.60 Å². The van der Waals surface area contributed by atoms with Crippen LogP contribution in [0.4, 0.5) is 0 Å². The third kappa shape index (κ3) is 3.74. The predicted molar refractivity (Wildman–Crippen MR) is 102 cm³/mol. The van der Waals surface area contributed by atoms with Crippen LogP contribution < -0.4 is 0 Å². The van der Waals surface area contributed by atoms with Crippen molar-refractivity contribution < 1.29 is 14.4 Å². The van der Waals surface area contributed by atoms with E-state index in [0.29, 0.717) is 38.9 Å². The Labute approximate surface area is 159 Å². The van der Waals surface area contributed by atoms with Gasteiger partial charge in [0.05, 0.1) is 13.0 Å². The number of carbonyl (C=O) groups is 2. The Morgan fingerprint density at radius 1 is 1.07 bits per heavy atom. The Morgan fingerprint density at radius 2 is 1.81 bits per heavy atom. The highest BCUT2D eigenvalue weighted by Gasteiger charge is 2.47. The van der Waals surface area contributed by atoms with Gasteiger partial charge in [-0.25, -0.2) is 5.06 Å². The zero-order valence-electron chi connectivity index (χ0n) is 15.6. The maximum atomic E-state index is 12.7. The van der Waals surface area contributed by atoms with Crippen molar-refractivity contribution in [1.29, 1.82) is 0 Å². The first kappa shape index (κ1) is 17.7. The number of amides is 2. The van der Waals surface area contributed by atoms with E-state index in [1.807, 2.05) is 66.4 Å². The van der Waals surface area contributed by atoms with Crippen molar-refractivity contribution in [1.82, 2.24) is 9.96 Å². The van der Waals surface area contributed by atoms with E-state index >= 15 is 0 Å². The summed E-state index contributed by atoms with van der Waals surface area (Å²) in [6.07, 6.45) is 1.76. The molecule has 27 heavy (non-hydrogen) atoms. The van der Waals surface area contributed by atoms with E-state index in [4.69, 9.17) is 4.84 Å². The fourth-order valence-electron chi connectivity index (χ4n) is 3.90. The Hall–Kier alpha value is -2.66. The summed E-state index contributed by atoms with van der Waals surface area (Å²) < 4.78 is 0. The molecule has 0 atom stereocenters. The van der Waals surface area contributed by atoms with Crippen LogP contribution in [0.5, 0.6) is 0 Å². The van der Waals surface area contributed by atoms with E-state index in [-0.39, 0.29) is 11.8 Å². The van der Waals surface area contributed by atoms with Gasteiger partial charge >= 0.3 is 0 Å². The van der Waals surface area contributed by atoms with Crippen LogP contribution in [0.2, 0.25) is 0 Å². The van der Waals surface area contributed by atoms with Gasteiger partial charge in [0.15, 0.2) is 0 Å². The van der Waals surface area contributed by atoms with Gasteiger partial charge in [0, 0.05) is 18.7 Å². The van der Waals surface area contributed by atoms with Gasteiger partial charge in [-0.2, -0.15) is 0 Å². The molecule has 5 nitrogen and oxygen atoms in total. The molecule has 2 aliphatic rings. The smallest absolute Gasteiger partial charge is 0.253 e. The van der Waals surface area contributed by atoms with Crippen molar-refractivity contribution in [2.45, 2.75) is 38.3 Å². The fraction of sp³-hybridized carbons (Fsp3) is 0.364. The van der Waals surface area contributed by atoms with Crippen LogP contribution in [0, 0.1) is 6.92 Å². The first-order valence-corrected chi connectivity index (χ1v) is 9.44. The molecule has 0 bridgehead atoms. The number of aryl methyl sites for hydroxylation is 1. The molecule has 0 N–H and O–H groups in total. The molecule has 4 rings (SSSR count). The van der Waals surface area contributed by atoms with Gasteiger partial charge in [-0.3, -0.25) is 14.4 Å². The van der Waals surface area contributed by atoms with Crippen LogP contribution >= 0.6 is 0 Å². The number of hydrogen-bond acceptors (Lipinski definition) is 3. The highest BCUT2D eigenvalue weighted by molar-refractivity contribution is 5.94. The molecule has 2 heterocycles. The van der Waals surface area contributed by atoms with Gasteiger partial charge < -0.3 is 4.90 Å². The standard InChI is InChI=1S/C22H24N2O3/c1-17-6-5-9-19(14-17)21(26)23-12-10-22(11-13-23)15-20(25)24(27-22)16-18-7-3-2-4-8-18/h2-9,14H,10-13,15-16H2,1H3. The third-order valence-electron chi connectivity index (χ3n) is 5.45. The lowest BCUT2D eigenvalue weighted by atomic mass is 9.88. The molecule has 2 saturated heterocycles. The maximum Gasteiger partial charge on any atom is 0.253 e. The van der Waals surface area contributed by atoms with Crippen LogP contribution in [0.3, 0.4) is 0 Å². The van der Waals surface area contributed by atoms with Crippen LogP contribution in [0.1, 0.15) is 40.7 Å². The van der Waals surface area contributed by atoms with Gasteiger partial charge in [-0.15, -0.1) is 0 Å². The summed E-state index contributed by atoms with van der Waals surface area (Å²) >= 11 is 0. The lowest BCUT2D eigenvalue weighted by molar-refractivity contribution is -0.213. The molecule has 0 unspecified atom stereocenters. The molecule has 140 valence electrons. The lowest BCUT2D eigenvalue weighted by Crippen LogP contribution is -2.47. The minimum Gasteiger partial charge on any atom is -0.338 e. The summed E-state index contributed by atoms with van der Waals surface area (Å²) in [5.74, 6) is 0.0799. The zero-order chi connectivity index (χ0) is 18.9. The highest BCUT2D eigenvalue weighted by Crippen LogP contribution is 2.37. The van der Waals surface area contributed by atoms with Crippen molar-refractivity contribution in [3.63, 3.8) is 0 Å². The number of hydroxylamine groups is 2. The topological polar surface area (TPSA) is 49.9 Å². The number of nitrogens with zero attached hydrogens (tertiary/aromatic N) is 2. The summed E-state index contributed by atoms with van der Waals surface area (Å²) in [5, 5.41) is 1.49. The van der Waals surface area contributed by atoms with Gasteiger partial charge in [-0.1, -0.05) is 48.0 Å². The summed E-state index contributed by atoms with van der Waals surface area (Å²) in [7, 11) is 0. The third-order valence-corrected chi connectivity index (χ3v) is 5.45. The summed E-state index contributed by atoms with van der Waals surface area (Å²) in [6.45, 7) is 3.67. The molecule has 2 aromatic rings. The molecule has 2 aromatic carbocycles. The second-order valence-corrected chi connectivity index (χ2v) is 7.53. The highest BCUT2D eigenvalue weighted by atomic mass is 16.7. The molecule has 0 aromatic heterocycles. The lowest BCUT2D eigenvalue weighted by Gasteiger charge is -2.37. The number of benzene rings is 2. The second-order valence-electron chi connectivity index (χ2n) is 7.53. The number of rotatable bonds is 3. The molecule has 2 fully saturated rings. The minimum absolute atomic E-state index is 0.0253. The molecule has 0 radical (unpaired) electrons. The van der Waals surface area contributed by atoms with Gasteiger partial charge in [0.2, 0.25) is 5.91 Å². The Bertz CT molecular complexity index is 842. The van der Waals surface area contributed by atoms with Crippen molar-refractivity contribution in [2.75, 3.05) is 13.1 Å². The van der Waals surface area contributed by atoms with Gasteiger partial charge in [0.25, 0.3) is 5.91 Å². The molecule has 0 aliphatic carbocycles. The fourth-order valence-corrected chi connectivity index (χ4v) is 3.90. The normalized spacial score (nSPS) is 18.9. The van der Waals surface area contributed by atoms with E-state index in [0.717, 1.165) is 16.7 Å². The average molecular weight is 364 g/mol. The second kappa shape index (κ2) is 7.16. The van der Waals surface area contributed by atoms with E-state index in [1.165, 1.54) is 5.06 Å². The van der Waals surface area contributed by atoms with E-state index in [9.17, 15) is 9.59 Å². The van der Waals surface area contributed by atoms with Gasteiger partial charge in [-0.05, 0) is 37.5 Å². The zero-order valence-corrected chi connectivity index (χ0v) is 15.6. The summed E-state index contributed by atoms with van der Waals surface area (Å²) in [6, 6.07) is 17.5. The van der Waals surface area contributed by atoms with Crippen LogP contribution in [0.15, 0.2) is 54.6 Å². The van der Waals surface area contributed by atoms with E-state index in [1.54, 1.807) is 0 Å². The number of hydrogen-bond donors (Lipinski definition) is 0. The molecular formula is C22H24N2O3. The Balaban J connectivity index is 1.38. The molecule has 2 aliphatic heterocycles. The summed E-state index contributed by atoms with van der Waals surface area (Å²) in [5.41, 5.74) is 2.39. The molecular weight excluding hydrogens is 340 g/mol. The van der Waals surface area contributed by atoms with Crippen LogP contribution in [-0.2, 0) is 16.2 Å². The van der Waals surface area contributed by atoms with Crippen molar-refractivity contribution >= 4 is 11.8 Å². The summed E-state index contributed by atoms with van der Waals surface area (Å²) in [4.78, 5) is 33.2. The largest absolute Gasteiger partial charge is 0.338 e.